The number of ketones is 1. The van der Waals surface area contributed by atoms with Crippen molar-refractivity contribution in [3.05, 3.63) is 11.3 Å². The van der Waals surface area contributed by atoms with E-state index < -0.39 is 0 Å². The summed E-state index contributed by atoms with van der Waals surface area (Å²) >= 11 is 0. The van der Waals surface area contributed by atoms with E-state index in [4.69, 9.17) is 4.74 Å². The summed E-state index contributed by atoms with van der Waals surface area (Å²) in [6.07, 6.45) is 2.68. The van der Waals surface area contributed by atoms with E-state index >= 15 is 0 Å². The van der Waals surface area contributed by atoms with Gasteiger partial charge in [0.1, 0.15) is 5.76 Å². The van der Waals surface area contributed by atoms with Crippen LogP contribution in [-0.2, 0) is 9.53 Å². The standard InChI is InChI=1S/C9H12O2/c1-6-5-11-8-4-2-3-7(10)9(6)8/h6H,2-5H2,1H3. The molecular formula is C9H12O2. The Kier molecular flexibility index (Phi) is 1.48. The second-order valence-electron chi connectivity index (χ2n) is 3.33. The predicted molar refractivity (Wildman–Crippen MR) is 41.0 cm³/mol. The third-order valence-electron chi connectivity index (χ3n) is 2.41. The molecule has 0 aromatic rings. The van der Waals surface area contributed by atoms with E-state index in [1.54, 1.807) is 0 Å². The molecule has 60 valence electrons. The van der Waals surface area contributed by atoms with Gasteiger partial charge in [-0.3, -0.25) is 4.79 Å². The van der Waals surface area contributed by atoms with Crippen molar-refractivity contribution in [1.29, 1.82) is 0 Å². The maximum atomic E-state index is 11.3. The minimum atomic E-state index is 0.316. The maximum Gasteiger partial charge on any atom is 0.162 e. The topological polar surface area (TPSA) is 26.3 Å². The van der Waals surface area contributed by atoms with Gasteiger partial charge in [-0.1, -0.05) is 6.92 Å². The lowest BCUT2D eigenvalue weighted by molar-refractivity contribution is -0.116. The molecule has 0 aromatic carbocycles. The summed E-state index contributed by atoms with van der Waals surface area (Å²) in [4.78, 5) is 11.3. The van der Waals surface area contributed by atoms with Crippen LogP contribution in [-0.4, -0.2) is 12.4 Å². The van der Waals surface area contributed by atoms with Crippen molar-refractivity contribution in [2.45, 2.75) is 26.2 Å². The number of Topliss-reactive ketones (excluding diaryl/α,β-unsaturated/α-hetero) is 1. The molecule has 2 rings (SSSR count). The van der Waals surface area contributed by atoms with Crippen LogP contribution in [0.25, 0.3) is 0 Å². The summed E-state index contributed by atoms with van der Waals surface area (Å²) < 4.78 is 5.40. The fourth-order valence-corrected chi connectivity index (χ4v) is 1.84. The average molecular weight is 152 g/mol. The van der Waals surface area contributed by atoms with Gasteiger partial charge in [0.05, 0.1) is 6.61 Å². The zero-order valence-electron chi connectivity index (χ0n) is 6.72. The lowest BCUT2D eigenvalue weighted by Gasteiger charge is -2.11. The van der Waals surface area contributed by atoms with E-state index in [1.807, 2.05) is 0 Å². The molecule has 2 heteroatoms. The minimum Gasteiger partial charge on any atom is -0.497 e. The molecule has 1 heterocycles. The van der Waals surface area contributed by atoms with Crippen LogP contribution in [0.3, 0.4) is 0 Å². The van der Waals surface area contributed by atoms with Gasteiger partial charge in [-0.25, -0.2) is 0 Å². The molecule has 1 atom stereocenters. The zero-order valence-corrected chi connectivity index (χ0v) is 6.72. The van der Waals surface area contributed by atoms with Gasteiger partial charge >= 0.3 is 0 Å². The van der Waals surface area contributed by atoms with E-state index in [0.717, 1.165) is 37.2 Å². The molecular weight excluding hydrogens is 140 g/mol. The molecule has 0 amide bonds. The number of hydrogen-bond donors (Lipinski definition) is 0. The van der Waals surface area contributed by atoms with Crippen LogP contribution in [0.15, 0.2) is 11.3 Å². The SMILES string of the molecule is CC1COC2=C1C(=O)CCC2. The van der Waals surface area contributed by atoms with Crippen LogP contribution in [0.2, 0.25) is 0 Å². The van der Waals surface area contributed by atoms with Crippen LogP contribution in [0.5, 0.6) is 0 Å². The normalized spacial score (nSPS) is 30.3. The Balaban J connectivity index is 2.34. The second-order valence-corrected chi connectivity index (χ2v) is 3.33. The van der Waals surface area contributed by atoms with Crippen LogP contribution < -0.4 is 0 Å². The summed E-state index contributed by atoms with van der Waals surface area (Å²) in [6, 6.07) is 0. The van der Waals surface area contributed by atoms with Crippen LogP contribution in [0.4, 0.5) is 0 Å². The van der Waals surface area contributed by atoms with Crippen LogP contribution >= 0.6 is 0 Å². The molecule has 0 N–H and O–H groups in total. The fourth-order valence-electron chi connectivity index (χ4n) is 1.84. The van der Waals surface area contributed by atoms with Crippen LogP contribution in [0.1, 0.15) is 26.2 Å². The van der Waals surface area contributed by atoms with Crippen molar-refractivity contribution in [3.63, 3.8) is 0 Å². The largest absolute Gasteiger partial charge is 0.497 e. The highest BCUT2D eigenvalue weighted by molar-refractivity contribution is 5.97. The van der Waals surface area contributed by atoms with Gasteiger partial charge in [0, 0.05) is 24.3 Å². The molecule has 0 saturated heterocycles. The van der Waals surface area contributed by atoms with Gasteiger partial charge in [-0.05, 0) is 6.42 Å². The highest BCUT2D eigenvalue weighted by Gasteiger charge is 2.31. The molecule has 1 aliphatic carbocycles. The zero-order chi connectivity index (χ0) is 7.84. The Morgan fingerprint density at radius 3 is 3.00 bits per heavy atom. The Morgan fingerprint density at radius 2 is 2.27 bits per heavy atom. The summed E-state index contributed by atoms with van der Waals surface area (Å²) in [5.41, 5.74) is 0.983. The molecule has 11 heavy (non-hydrogen) atoms. The quantitative estimate of drug-likeness (QED) is 0.527. The summed E-state index contributed by atoms with van der Waals surface area (Å²) in [5, 5.41) is 0. The smallest absolute Gasteiger partial charge is 0.162 e. The minimum absolute atomic E-state index is 0.316. The highest BCUT2D eigenvalue weighted by Crippen LogP contribution is 2.33. The third-order valence-corrected chi connectivity index (χ3v) is 2.41. The van der Waals surface area contributed by atoms with Crippen molar-refractivity contribution < 1.29 is 9.53 Å². The van der Waals surface area contributed by atoms with Crippen LogP contribution in [0, 0.1) is 5.92 Å². The van der Waals surface area contributed by atoms with E-state index in [9.17, 15) is 4.79 Å². The van der Waals surface area contributed by atoms with Crippen molar-refractivity contribution in [3.8, 4) is 0 Å². The molecule has 0 aromatic heterocycles. The van der Waals surface area contributed by atoms with Gasteiger partial charge in [0.15, 0.2) is 5.78 Å². The first-order valence-corrected chi connectivity index (χ1v) is 4.18. The molecule has 2 nitrogen and oxygen atoms in total. The molecule has 0 saturated carbocycles. The van der Waals surface area contributed by atoms with Gasteiger partial charge in [0.2, 0.25) is 0 Å². The first-order valence-electron chi connectivity index (χ1n) is 4.18. The van der Waals surface area contributed by atoms with Gasteiger partial charge < -0.3 is 4.74 Å². The number of ether oxygens (including phenoxy) is 1. The molecule has 0 bridgehead atoms. The third kappa shape index (κ3) is 0.971. The number of hydrogen-bond acceptors (Lipinski definition) is 2. The van der Waals surface area contributed by atoms with Crippen molar-refractivity contribution in [2.24, 2.45) is 5.92 Å². The predicted octanol–water partition coefficient (Wildman–Crippen LogP) is 1.66. The lowest BCUT2D eigenvalue weighted by Crippen LogP contribution is -2.12. The molecule has 1 aliphatic heterocycles. The Morgan fingerprint density at radius 1 is 1.45 bits per heavy atom. The molecule has 0 radical (unpaired) electrons. The average Bonchev–Trinajstić information content (AvgIpc) is 2.34. The van der Waals surface area contributed by atoms with Crippen molar-refractivity contribution >= 4 is 5.78 Å². The lowest BCUT2D eigenvalue weighted by atomic mass is 9.90. The Bertz CT molecular complexity index is 228. The van der Waals surface area contributed by atoms with Crippen molar-refractivity contribution in [2.75, 3.05) is 6.61 Å². The van der Waals surface area contributed by atoms with Gasteiger partial charge in [0.25, 0.3) is 0 Å². The van der Waals surface area contributed by atoms with E-state index in [1.165, 1.54) is 0 Å². The van der Waals surface area contributed by atoms with E-state index in [0.29, 0.717) is 11.7 Å². The monoisotopic (exact) mass is 152 g/mol. The summed E-state index contributed by atoms with van der Waals surface area (Å²) in [7, 11) is 0. The Hall–Kier alpha value is -0.790. The number of rotatable bonds is 0. The molecule has 0 fully saturated rings. The first-order chi connectivity index (χ1) is 5.29. The van der Waals surface area contributed by atoms with E-state index in [-0.39, 0.29) is 0 Å². The fraction of sp³-hybridized carbons (Fsp3) is 0.667. The molecule has 2 aliphatic rings. The summed E-state index contributed by atoms with van der Waals surface area (Å²) in [5.74, 6) is 1.64. The van der Waals surface area contributed by atoms with Gasteiger partial charge in [-0.2, -0.15) is 0 Å². The first kappa shape index (κ1) is 6.89. The van der Waals surface area contributed by atoms with Gasteiger partial charge in [-0.15, -0.1) is 0 Å². The maximum absolute atomic E-state index is 11.3. The number of allylic oxidation sites excluding steroid dienone is 1. The number of carbonyl (C=O) groups excluding carboxylic acids is 1. The molecule has 0 spiro atoms. The van der Waals surface area contributed by atoms with E-state index in [2.05, 4.69) is 6.92 Å². The van der Waals surface area contributed by atoms with Crippen molar-refractivity contribution in [1.82, 2.24) is 0 Å². The summed E-state index contributed by atoms with van der Waals surface area (Å²) in [6.45, 7) is 2.78. The molecule has 1 unspecified atom stereocenters. The number of carbonyl (C=O) groups is 1. The second kappa shape index (κ2) is 2.36. The Labute approximate surface area is 66.2 Å². The highest BCUT2D eigenvalue weighted by atomic mass is 16.5.